The molecule has 0 atom stereocenters. The number of benzene rings is 1. The van der Waals surface area contributed by atoms with Crippen LogP contribution in [0, 0.1) is 0 Å². The highest BCUT2D eigenvalue weighted by molar-refractivity contribution is 6.29. The van der Waals surface area contributed by atoms with Crippen LogP contribution < -0.4 is 0 Å². The molecule has 1 aromatic carbocycles. The van der Waals surface area contributed by atoms with E-state index >= 15 is 0 Å². The van der Waals surface area contributed by atoms with E-state index in [0.29, 0.717) is 0 Å². The highest BCUT2D eigenvalue weighted by Crippen LogP contribution is 2.40. The van der Waals surface area contributed by atoms with Crippen molar-refractivity contribution in [1.29, 1.82) is 0 Å². The second kappa shape index (κ2) is 4.18. The lowest BCUT2D eigenvalue weighted by Gasteiger charge is -2.22. The molecule has 0 saturated carbocycles. The van der Waals surface area contributed by atoms with Gasteiger partial charge < -0.3 is 15.3 Å². The predicted molar refractivity (Wildman–Crippen MR) is 70.1 cm³/mol. The molecule has 5 nitrogen and oxygen atoms in total. The molecule has 0 aliphatic heterocycles. The summed E-state index contributed by atoms with van der Waals surface area (Å²) in [6.45, 7) is -0.786. The third kappa shape index (κ3) is 1.53. The van der Waals surface area contributed by atoms with Crippen LogP contribution in [0.2, 0.25) is 0 Å². The van der Waals surface area contributed by atoms with E-state index in [0.717, 1.165) is 6.08 Å². The van der Waals surface area contributed by atoms with E-state index in [2.05, 4.69) is 0 Å². The lowest BCUT2D eigenvalue weighted by atomic mass is 9.80. The minimum absolute atomic E-state index is 0.318. The molecule has 3 rings (SSSR count). The second-order valence-corrected chi connectivity index (χ2v) is 4.18. The van der Waals surface area contributed by atoms with E-state index in [1.807, 2.05) is 0 Å². The summed E-state index contributed by atoms with van der Waals surface area (Å²) in [5, 5.41) is 29.7. The van der Waals surface area contributed by atoms with E-state index < -0.39 is 76.1 Å². The van der Waals surface area contributed by atoms with Crippen LogP contribution >= 0.6 is 0 Å². The van der Waals surface area contributed by atoms with Gasteiger partial charge in [-0.3, -0.25) is 9.59 Å². The first-order chi connectivity index (χ1) is 11.2. The lowest BCUT2D eigenvalue weighted by Crippen LogP contribution is -2.21. The van der Waals surface area contributed by atoms with Crippen molar-refractivity contribution in [3.05, 3.63) is 58.1 Å². The number of allylic oxidation sites excluding steroid dienone is 5. The molecule has 1 aromatic rings. The number of aliphatic hydroxyl groups is 2. The molecular weight excluding hydrogens is 260 g/mol. The average molecular weight is 274 g/mol. The van der Waals surface area contributed by atoms with Gasteiger partial charge in [-0.15, -0.1) is 0 Å². The van der Waals surface area contributed by atoms with Gasteiger partial charge in [-0.05, 0) is 23.7 Å². The largest absolute Gasteiger partial charge is 0.507 e. The zero-order valence-corrected chi connectivity index (χ0v) is 9.94. The normalized spacial score (nSPS) is 20.8. The van der Waals surface area contributed by atoms with E-state index in [4.69, 9.17) is 5.48 Å². The Morgan fingerprint density at radius 2 is 1.95 bits per heavy atom. The SMILES string of the molecule is [2H]C1=CC([2H])=C2C(=O)c3c([2H])c(CO)c([2H])c(O)c3C(O)=C2C1=O. The van der Waals surface area contributed by atoms with Gasteiger partial charge in [0, 0.05) is 11.1 Å². The monoisotopic (exact) mass is 274 g/mol. The van der Waals surface area contributed by atoms with Crippen molar-refractivity contribution < 1.29 is 30.4 Å². The Labute approximate surface area is 119 Å². The van der Waals surface area contributed by atoms with E-state index in [1.54, 1.807) is 0 Å². The summed E-state index contributed by atoms with van der Waals surface area (Å²) in [6, 6.07) is -2.30. The molecule has 0 bridgehead atoms. The van der Waals surface area contributed by atoms with Crippen LogP contribution in [0.1, 0.15) is 27.0 Å². The van der Waals surface area contributed by atoms with E-state index in [1.165, 1.54) is 0 Å². The van der Waals surface area contributed by atoms with Crippen molar-refractivity contribution in [2.45, 2.75) is 6.61 Å². The summed E-state index contributed by atoms with van der Waals surface area (Å²) in [5.74, 6) is -3.69. The van der Waals surface area contributed by atoms with Crippen molar-refractivity contribution in [2.24, 2.45) is 0 Å². The highest BCUT2D eigenvalue weighted by Gasteiger charge is 2.35. The Bertz CT molecular complexity index is 940. The number of carbonyl (C=O) groups is 2. The number of aromatic hydroxyl groups is 1. The van der Waals surface area contributed by atoms with Crippen molar-refractivity contribution in [3.63, 3.8) is 0 Å². The fourth-order valence-corrected chi connectivity index (χ4v) is 2.14. The number of Topliss-reactive ketones (excluding diaryl/α,β-unsaturated/α-hetero) is 1. The number of carbonyl (C=O) groups excluding carboxylic acids is 2. The molecule has 0 saturated heterocycles. The summed E-state index contributed by atoms with van der Waals surface area (Å²) in [4.78, 5) is 24.8. The summed E-state index contributed by atoms with van der Waals surface area (Å²) >= 11 is 0. The third-order valence-electron chi connectivity index (χ3n) is 3.01. The molecule has 20 heavy (non-hydrogen) atoms. The van der Waals surface area contributed by atoms with Crippen LogP contribution in [0.15, 0.2) is 41.4 Å². The van der Waals surface area contributed by atoms with Crippen LogP contribution in [-0.2, 0) is 11.4 Å². The van der Waals surface area contributed by atoms with Crippen LogP contribution in [0.4, 0.5) is 0 Å². The van der Waals surface area contributed by atoms with Gasteiger partial charge in [0.05, 0.1) is 23.2 Å². The topological polar surface area (TPSA) is 94.8 Å². The maximum atomic E-state index is 12.7. The highest BCUT2D eigenvalue weighted by atomic mass is 16.3. The number of rotatable bonds is 1. The number of hydrogen-bond acceptors (Lipinski definition) is 5. The molecular formula is C15H10O5. The van der Waals surface area contributed by atoms with Gasteiger partial charge in [-0.1, -0.05) is 12.1 Å². The predicted octanol–water partition coefficient (Wildman–Crippen LogP) is 1.42. The molecule has 0 heterocycles. The van der Waals surface area contributed by atoms with Gasteiger partial charge in [-0.2, -0.15) is 0 Å². The summed E-state index contributed by atoms with van der Waals surface area (Å²) in [5.41, 5.74) is -2.46. The fraction of sp³-hybridized carbons (Fsp3) is 0.0667. The number of phenols is 1. The molecule has 100 valence electrons. The lowest BCUT2D eigenvalue weighted by molar-refractivity contribution is -0.111. The van der Waals surface area contributed by atoms with E-state index in [9.17, 15) is 24.9 Å². The van der Waals surface area contributed by atoms with E-state index in [-0.39, 0.29) is 5.56 Å². The zero-order chi connectivity index (χ0) is 17.9. The van der Waals surface area contributed by atoms with Gasteiger partial charge in [-0.25, -0.2) is 0 Å². The first-order valence-electron chi connectivity index (χ1n) is 7.60. The Morgan fingerprint density at radius 3 is 2.65 bits per heavy atom. The van der Waals surface area contributed by atoms with Gasteiger partial charge in [0.15, 0.2) is 11.6 Å². The summed E-state index contributed by atoms with van der Waals surface area (Å²) in [7, 11) is 0. The van der Waals surface area contributed by atoms with Gasteiger partial charge in [0.2, 0.25) is 0 Å². The molecule has 0 spiro atoms. The molecule has 0 unspecified atom stereocenters. The zero-order valence-electron chi connectivity index (χ0n) is 13.9. The minimum Gasteiger partial charge on any atom is -0.507 e. The van der Waals surface area contributed by atoms with Crippen LogP contribution in [0.25, 0.3) is 5.76 Å². The van der Waals surface area contributed by atoms with Crippen molar-refractivity contribution in [2.75, 3.05) is 0 Å². The Hall–Kier alpha value is -2.66. The fourth-order valence-electron chi connectivity index (χ4n) is 2.14. The minimum atomic E-state index is -0.999. The molecule has 5 heteroatoms. The van der Waals surface area contributed by atoms with Gasteiger partial charge in [0.25, 0.3) is 0 Å². The number of ketones is 2. The number of aliphatic hydroxyl groups excluding tert-OH is 2. The molecule has 2 aliphatic carbocycles. The maximum Gasteiger partial charge on any atom is 0.194 e. The molecule has 3 N–H and O–H groups in total. The summed E-state index contributed by atoms with van der Waals surface area (Å²) in [6.07, 6.45) is 0.854. The third-order valence-corrected chi connectivity index (χ3v) is 3.01. The van der Waals surface area contributed by atoms with Crippen LogP contribution in [0.3, 0.4) is 0 Å². The maximum absolute atomic E-state index is 12.7. The summed E-state index contributed by atoms with van der Waals surface area (Å²) < 4.78 is 31.0. The van der Waals surface area contributed by atoms with Gasteiger partial charge >= 0.3 is 0 Å². The Morgan fingerprint density at radius 1 is 1.20 bits per heavy atom. The Balaban J connectivity index is 2.51. The number of hydrogen-bond donors (Lipinski definition) is 3. The van der Waals surface area contributed by atoms with Crippen LogP contribution in [-0.4, -0.2) is 26.9 Å². The molecule has 0 aromatic heterocycles. The molecule has 0 amide bonds. The van der Waals surface area contributed by atoms with Crippen molar-refractivity contribution >= 4 is 17.3 Å². The van der Waals surface area contributed by atoms with Gasteiger partial charge in [0.1, 0.15) is 11.5 Å². The van der Waals surface area contributed by atoms with Crippen LogP contribution in [0.5, 0.6) is 5.75 Å². The molecule has 2 aliphatic rings. The Kier molecular flexibility index (Phi) is 1.77. The van der Waals surface area contributed by atoms with Crippen molar-refractivity contribution in [1.82, 2.24) is 0 Å². The first kappa shape index (κ1) is 8.50. The molecule has 0 fully saturated rings. The standard InChI is InChI=1S/C15H10O5/c16-6-7-4-9-13(11(18)5-7)15(20)12-8(14(9)19)2-1-3-10(12)17/h1-5,16,18,20H,6H2/i2D,3D,4D,5D. The second-order valence-electron chi connectivity index (χ2n) is 4.18. The smallest absolute Gasteiger partial charge is 0.194 e. The average Bonchev–Trinajstić information content (AvgIpc) is 2.52. The first-order valence-corrected chi connectivity index (χ1v) is 5.60. The molecule has 0 radical (unpaired) electrons. The van der Waals surface area contributed by atoms with Crippen molar-refractivity contribution in [3.8, 4) is 5.75 Å². The quantitative estimate of drug-likeness (QED) is 0.719. The number of phenolic OH excluding ortho intramolecular Hbond substituents is 1. The number of fused-ring (bicyclic) bond motifs is 2.